The third-order valence-electron chi connectivity index (χ3n) is 5.13. The zero-order chi connectivity index (χ0) is 26.9. The van der Waals surface area contributed by atoms with Crippen LogP contribution in [0.15, 0.2) is 70.2 Å². The molecule has 3 aromatic rings. The number of para-hydroxylation sites is 1. The van der Waals surface area contributed by atoms with E-state index in [9.17, 15) is 14.4 Å². The van der Waals surface area contributed by atoms with Gasteiger partial charge in [0.05, 0.1) is 17.8 Å². The quantitative estimate of drug-likeness (QED) is 0.200. The number of nitrogens with one attached hydrogen (secondary N) is 3. The summed E-state index contributed by atoms with van der Waals surface area (Å²) >= 11 is 3.39. The number of carbonyl (C=O) groups is 3. The Morgan fingerprint density at radius 1 is 1.03 bits per heavy atom. The van der Waals surface area contributed by atoms with Gasteiger partial charge in [0.15, 0.2) is 29.6 Å². The number of amides is 3. The maximum absolute atomic E-state index is 12.2. The van der Waals surface area contributed by atoms with Crippen molar-refractivity contribution in [3.8, 4) is 23.0 Å². The normalized spacial score (nSPS) is 11.6. The molecular weight excluding hydrogens is 560 g/mol. The third kappa shape index (κ3) is 7.01. The second kappa shape index (κ2) is 12.6. The van der Waals surface area contributed by atoms with Crippen LogP contribution in [-0.2, 0) is 20.9 Å². The molecule has 1 aliphatic heterocycles. The molecule has 0 aliphatic carbocycles. The van der Waals surface area contributed by atoms with Gasteiger partial charge in [0.2, 0.25) is 6.79 Å². The number of hydrogen-bond donors (Lipinski definition) is 3. The van der Waals surface area contributed by atoms with Crippen molar-refractivity contribution in [1.29, 1.82) is 0 Å². The summed E-state index contributed by atoms with van der Waals surface area (Å²) < 4.78 is 22.1. The summed E-state index contributed by atoms with van der Waals surface area (Å²) in [4.78, 5) is 36.4. The van der Waals surface area contributed by atoms with Gasteiger partial charge in [-0.3, -0.25) is 14.4 Å². The first-order chi connectivity index (χ1) is 18.4. The first-order valence-electron chi connectivity index (χ1n) is 11.3. The Morgan fingerprint density at radius 2 is 1.82 bits per heavy atom. The molecule has 0 fully saturated rings. The molecule has 1 aliphatic rings. The summed E-state index contributed by atoms with van der Waals surface area (Å²) in [7, 11) is 1.45. The summed E-state index contributed by atoms with van der Waals surface area (Å²) in [6.07, 6.45) is 1.34. The van der Waals surface area contributed by atoms with Crippen LogP contribution in [0, 0.1) is 0 Å². The maximum Gasteiger partial charge on any atom is 0.329 e. The van der Waals surface area contributed by atoms with Gasteiger partial charge in [0.1, 0.15) is 0 Å². The first-order valence-corrected chi connectivity index (χ1v) is 12.1. The molecule has 0 aromatic heterocycles. The molecule has 12 heteroatoms. The van der Waals surface area contributed by atoms with E-state index in [-0.39, 0.29) is 25.9 Å². The lowest BCUT2D eigenvalue weighted by molar-refractivity contribution is -0.139. The molecular formula is C26H23BrN4O7. The van der Waals surface area contributed by atoms with Gasteiger partial charge in [0, 0.05) is 12.2 Å². The average Bonchev–Trinajstić information content (AvgIpc) is 3.39. The highest BCUT2D eigenvalue weighted by atomic mass is 79.9. The van der Waals surface area contributed by atoms with E-state index >= 15 is 0 Å². The van der Waals surface area contributed by atoms with Crippen molar-refractivity contribution in [2.45, 2.75) is 6.54 Å². The van der Waals surface area contributed by atoms with Crippen molar-refractivity contribution in [1.82, 2.24) is 10.7 Å². The molecule has 3 N–H and O–H groups in total. The van der Waals surface area contributed by atoms with Crippen molar-refractivity contribution < 1.29 is 33.3 Å². The van der Waals surface area contributed by atoms with Gasteiger partial charge >= 0.3 is 11.8 Å². The number of halogens is 1. The highest BCUT2D eigenvalue weighted by Gasteiger charge is 2.16. The minimum absolute atomic E-state index is 0.127. The smallest absolute Gasteiger partial charge is 0.329 e. The number of hydrogen-bond acceptors (Lipinski definition) is 8. The molecule has 0 unspecified atom stereocenters. The molecule has 0 spiro atoms. The Hall–Kier alpha value is -4.58. The van der Waals surface area contributed by atoms with E-state index < -0.39 is 11.8 Å². The van der Waals surface area contributed by atoms with Crippen LogP contribution < -0.4 is 35.0 Å². The van der Waals surface area contributed by atoms with Gasteiger partial charge in [-0.2, -0.15) is 5.10 Å². The predicted molar refractivity (Wildman–Crippen MR) is 141 cm³/mol. The van der Waals surface area contributed by atoms with E-state index in [0.29, 0.717) is 38.7 Å². The van der Waals surface area contributed by atoms with E-state index in [1.165, 1.54) is 13.3 Å². The zero-order valence-corrected chi connectivity index (χ0v) is 21.7. The summed E-state index contributed by atoms with van der Waals surface area (Å²) in [5, 5.41) is 9.07. The lowest BCUT2D eigenvalue weighted by Gasteiger charge is -2.13. The molecule has 0 saturated heterocycles. The Labute approximate surface area is 226 Å². The largest absolute Gasteiger partial charge is 0.493 e. The number of benzene rings is 3. The van der Waals surface area contributed by atoms with Crippen molar-refractivity contribution in [3.63, 3.8) is 0 Å². The molecule has 4 rings (SSSR count). The number of nitrogens with zero attached hydrogens (tertiary/aromatic N) is 1. The monoisotopic (exact) mass is 582 g/mol. The fourth-order valence-electron chi connectivity index (χ4n) is 3.34. The maximum atomic E-state index is 12.2. The van der Waals surface area contributed by atoms with Gasteiger partial charge in [0.25, 0.3) is 5.91 Å². The summed E-state index contributed by atoms with van der Waals surface area (Å²) in [5.41, 5.74) is 4.12. The number of rotatable bonds is 9. The Balaban J connectivity index is 1.28. The first kappa shape index (κ1) is 26.5. The predicted octanol–water partition coefficient (Wildman–Crippen LogP) is 2.97. The third-order valence-corrected chi connectivity index (χ3v) is 5.72. The second-order valence-electron chi connectivity index (χ2n) is 7.81. The highest BCUT2D eigenvalue weighted by Crippen LogP contribution is 2.36. The van der Waals surface area contributed by atoms with Crippen molar-refractivity contribution >= 4 is 45.6 Å². The molecule has 1 heterocycles. The van der Waals surface area contributed by atoms with Crippen LogP contribution in [0.2, 0.25) is 0 Å². The molecule has 0 bridgehead atoms. The van der Waals surface area contributed by atoms with Crippen molar-refractivity contribution in [3.05, 3.63) is 76.3 Å². The van der Waals surface area contributed by atoms with Gasteiger partial charge in [-0.05, 0) is 63.5 Å². The molecule has 38 heavy (non-hydrogen) atoms. The average molecular weight is 583 g/mol. The number of fused-ring (bicyclic) bond motifs is 1. The molecule has 0 radical (unpaired) electrons. The number of ether oxygens (including phenoxy) is 4. The Morgan fingerprint density at radius 3 is 2.61 bits per heavy atom. The molecule has 0 saturated carbocycles. The lowest BCUT2D eigenvalue weighted by Crippen LogP contribution is -2.37. The molecule has 3 aromatic carbocycles. The number of anilines is 1. The SMILES string of the molecule is COc1cc(/C=N\NC(=O)C(=O)NCc2ccc3c(c2)OCO3)cc(Br)c1OCC(=O)Nc1ccccc1. The van der Waals surface area contributed by atoms with Crippen LogP contribution in [-0.4, -0.2) is 44.4 Å². The Bertz CT molecular complexity index is 1370. The van der Waals surface area contributed by atoms with Gasteiger partial charge in [-0.25, -0.2) is 5.43 Å². The topological polar surface area (TPSA) is 137 Å². The molecule has 0 atom stereocenters. The van der Waals surface area contributed by atoms with Crippen LogP contribution in [0.1, 0.15) is 11.1 Å². The van der Waals surface area contributed by atoms with Crippen LogP contribution in [0.25, 0.3) is 0 Å². The molecule has 196 valence electrons. The zero-order valence-electron chi connectivity index (χ0n) is 20.2. The van der Waals surface area contributed by atoms with E-state index in [1.807, 2.05) is 18.2 Å². The minimum atomic E-state index is -0.933. The summed E-state index contributed by atoms with van der Waals surface area (Å²) in [6, 6.07) is 17.5. The van der Waals surface area contributed by atoms with Gasteiger partial charge in [-0.1, -0.05) is 24.3 Å². The van der Waals surface area contributed by atoms with Gasteiger partial charge in [-0.15, -0.1) is 0 Å². The van der Waals surface area contributed by atoms with Crippen molar-refractivity contribution in [2.24, 2.45) is 5.10 Å². The van der Waals surface area contributed by atoms with E-state index in [2.05, 4.69) is 37.1 Å². The van der Waals surface area contributed by atoms with E-state index in [0.717, 1.165) is 5.56 Å². The van der Waals surface area contributed by atoms with Crippen LogP contribution in [0.4, 0.5) is 5.69 Å². The molecule has 3 amide bonds. The Kier molecular flexibility index (Phi) is 8.77. The van der Waals surface area contributed by atoms with Gasteiger partial charge < -0.3 is 29.6 Å². The fraction of sp³-hybridized carbons (Fsp3) is 0.154. The lowest BCUT2D eigenvalue weighted by atomic mass is 10.2. The number of hydrazone groups is 1. The van der Waals surface area contributed by atoms with E-state index in [4.69, 9.17) is 18.9 Å². The fourth-order valence-corrected chi connectivity index (χ4v) is 3.91. The highest BCUT2D eigenvalue weighted by molar-refractivity contribution is 9.10. The van der Waals surface area contributed by atoms with Crippen LogP contribution >= 0.6 is 15.9 Å². The molecule has 11 nitrogen and oxygen atoms in total. The number of carbonyl (C=O) groups excluding carboxylic acids is 3. The summed E-state index contributed by atoms with van der Waals surface area (Å²) in [5.74, 6) is -0.257. The standard InChI is InChI=1S/C26H23BrN4O7/c1-35-22-11-17(9-19(27)24(22)36-14-23(32)30-18-5-3-2-4-6-18)13-29-31-26(34)25(33)28-12-16-7-8-20-21(10-16)38-15-37-20/h2-11,13H,12,14-15H2,1H3,(H,28,33)(H,30,32)(H,31,34)/b29-13-. The summed E-state index contributed by atoms with van der Waals surface area (Å²) in [6.45, 7) is 0.0337. The van der Waals surface area contributed by atoms with E-state index in [1.54, 1.807) is 42.5 Å². The van der Waals surface area contributed by atoms with Crippen LogP contribution in [0.3, 0.4) is 0 Å². The van der Waals surface area contributed by atoms with Crippen molar-refractivity contribution in [2.75, 3.05) is 25.8 Å². The number of methoxy groups -OCH3 is 1. The second-order valence-corrected chi connectivity index (χ2v) is 8.66. The minimum Gasteiger partial charge on any atom is -0.493 e. The van der Waals surface area contributed by atoms with Crippen LogP contribution in [0.5, 0.6) is 23.0 Å².